The molecule has 0 saturated carbocycles. The molecule has 1 aromatic heterocycles. The third kappa shape index (κ3) is 2.13. The van der Waals surface area contributed by atoms with E-state index in [1.807, 2.05) is 36.3 Å². The SMILES string of the molecule is CN(CCC#N)c1ccc(N)c2ccncc12. The topological polar surface area (TPSA) is 65.9 Å². The third-order valence-electron chi connectivity index (χ3n) is 2.80. The first kappa shape index (κ1) is 11.2. The second-order valence-electron chi connectivity index (χ2n) is 3.92. The van der Waals surface area contributed by atoms with Gasteiger partial charge in [-0.3, -0.25) is 4.98 Å². The van der Waals surface area contributed by atoms with Gasteiger partial charge in [-0.05, 0) is 18.2 Å². The summed E-state index contributed by atoms with van der Waals surface area (Å²) in [6, 6.07) is 7.91. The Kier molecular flexibility index (Phi) is 3.10. The molecule has 2 aromatic rings. The Morgan fingerprint density at radius 3 is 2.94 bits per heavy atom. The van der Waals surface area contributed by atoms with Crippen molar-refractivity contribution in [2.24, 2.45) is 0 Å². The molecular weight excluding hydrogens is 212 g/mol. The van der Waals surface area contributed by atoms with Gasteiger partial charge in [-0.2, -0.15) is 5.26 Å². The molecule has 2 N–H and O–H groups in total. The maximum atomic E-state index is 8.61. The summed E-state index contributed by atoms with van der Waals surface area (Å²) in [6.45, 7) is 0.699. The number of pyridine rings is 1. The summed E-state index contributed by atoms with van der Waals surface area (Å²) >= 11 is 0. The maximum Gasteiger partial charge on any atom is 0.0640 e. The standard InChI is InChI=1S/C13H14N4/c1-17(8-2-6-14)13-4-3-12(15)10-5-7-16-9-11(10)13/h3-5,7,9H,2,8,15H2,1H3. The Bertz CT molecular complexity index is 571. The largest absolute Gasteiger partial charge is 0.398 e. The molecule has 0 bridgehead atoms. The molecule has 0 amide bonds. The van der Waals surface area contributed by atoms with E-state index in [1.165, 1.54) is 0 Å². The molecule has 1 aromatic carbocycles. The number of anilines is 2. The molecule has 0 aliphatic rings. The Balaban J connectivity index is 2.48. The number of hydrogen-bond acceptors (Lipinski definition) is 4. The highest BCUT2D eigenvalue weighted by atomic mass is 15.1. The lowest BCUT2D eigenvalue weighted by Crippen LogP contribution is -2.18. The van der Waals surface area contributed by atoms with Gasteiger partial charge in [-0.15, -0.1) is 0 Å². The Hall–Kier alpha value is -2.28. The van der Waals surface area contributed by atoms with E-state index in [4.69, 9.17) is 11.0 Å². The molecule has 0 saturated heterocycles. The van der Waals surface area contributed by atoms with E-state index in [9.17, 15) is 0 Å². The highest BCUT2D eigenvalue weighted by Gasteiger charge is 2.07. The second kappa shape index (κ2) is 4.71. The van der Waals surface area contributed by atoms with Crippen LogP contribution < -0.4 is 10.6 Å². The highest BCUT2D eigenvalue weighted by Crippen LogP contribution is 2.29. The average molecular weight is 226 g/mol. The number of benzene rings is 1. The van der Waals surface area contributed by atoms with Gasteiger partial charge in [0.05, 0.1) is 12.5 Å². The van der Waals surface area contributed by atoms with Crippen molar-refractivity contribution < 1.29 is 0 Å². The number of nitriles is 1. The van der Waals surface area contributed by atoms with Crippen LogP contribution in [-0.4, -0.2) is 18.6 Å². The van der Waals surface area contributed by atoms with Gasteiger partial charge in [0.1, 0.15) is 0 Å². The van der Waals surface area contributed by atoms with Crippen LogP contribution in [0.15, 0.2) is 30.6 Å². The van der Waals surface area contributed by atoms with Crippen molar-refractivity contribution in [3.05, 3.63) is 30.6 Å². The lowest BCUT2D eigenvalue weighted by atomic mass is 10.1. The summed E-state index contributed by atoms with van der Waals surface area (Å²) in [5.41, 5.74) is 7.73. The third-order valence-corrected chi connectivity index (χ3v) is 2.80. The number of aromatic nitrogens is 1. The Labute approximate surface area is 100 Å². The summed E-state index contributed by atoms with van der Waals surface area (Å²) in [5.74, 6) is 0. The van der Waals surface area contributed by atoms with Crippen LogP contribution in [0.1, 0.15) is 6.42 Å². The molecule has 0 atom stereocenters. The van der Waals surface area contributed by atoms with Crippen molar-refractivity contribution in [2.45, 2.75) is 6.42 Å². The van der Waals surface area contributed by atoms with Crippen molar-refractivity contribution >= 4 is 22.1 Å². The van der Waals surface area contributed by atoms with Crippen LogP contribution in [0.5, 0.6) is 0 Å². The quantitative estimate of drug-likeness (QED) is 0.814. The molecule has 0 aliphatic carbocycles. The molecule has 17 heavy (non-hydrogen) atoms. The van der Waals surface area contributed by atoms with Gasteiger partial charge in [0.2, 0.25) is 0 Å². The normalized spacial score (nSPS) is 10.1. The van der Waals surface area contributed by atoms with Crippen molar-refractivity contribution in [3.8, 4) is 6.07 Å². The molecule has 1 heterocycles. The van der Waals surface area contributed by atoms with Crippen LogP contribution in [0, 0.1) is 11.3 Å². The van der Waals surface area contributed by atoms with Gasteiger partial charge in [-0.1, -0.05) is 0 Å². The van der Waals surface area contributed by atoms with E-state index in [1.54, 1.807) is 6.20 Å². The number of nitrogen functional groups attached to an aromatic ring is 1. The molecule has 0 radical (unpaired) electrons. The first-order valence-corrected chi connectivity index (χ1v) is 5.44. The summed E-state index contributed by atoms with van der Waals surface area (Å²) in [5, 5.41) is 10.6. The average Bonchev–Trinajstić information content (AvgIpc) is 2.37. The molecule has 86 valence electrons. The number of nitrogens with two attached hydrogens (primary N) is 1. The lowest BCUT2D eigenvalue weighted by molar-refractivity contribution is 0.909. The predicted molar refractivity (Wildman–Crippen MR) is 69.7 cm³/mol. The minimum Gasteiger partial charge on any atom is -0.398 e. The minimum atomic E-state index is 0.503. The van der Waals surface area contributed by atoms with Gasteiger partial charge in [0.25, 0.3) is 0 Å². The summed E-state index contributed by atoms with van der Waals surface area (Å²) < 4.78 is 0. The Morgan fingerprint density at radius 1 is 1.35 bits per heavy atom. The maximum absolute atomic E-state index is 8.61. The van der Waals surface area contributed by atoms with Crippen molar-refractivity contribution in [3.63, 3.8) is 0 Å². The van der Waals surface area contributed by atoms with Crippen LogP contribution in [0.3, 0.4) is 0 Å². The smallest absolute Gasteiger partial charge is 0.0640 e. The van der Waals surface area contributed by atoms with Crippen molar-refractivity contribution in [1.29, 1.82) is 5.26 Å². The number of rotatable bonds is 3. The highest BCUT2D eigenvalue weighted by molar-refractivity contribution is 6.00. The first-order valence-electron chi connectivity index (χ1n) is 5.44. The molecule has 0 aliphatic heterocycles. The molecule has 0 spiro atoms. The lowest BCUT2D eigenvalue weighted by Gasteiger charge is -2.20. The molecule has 2 rings (SSSR count). The monoisotopic (exact) mass is 226 g/mol. The summed E-state index contributed by atoms with van der Waals surface area (Å²) in [6.07, 6.45) is 4.05. The van der Waals surface area contributed by atoms with Gasteiger partial charge < -0.3 is 10.6 Å². The molecular formula is C13H14N4. The fraction of sp³-hybridized carbons (Fsp3) is 0.231. The zero-order valence-electron chi connectivity index (χ0n) is 9.72. The van der Waals surface area contributed by atoms with Crippen LogP contribution in [0.4, 0.5) is 11.4 Å². The molecule has 0 unspecified atom stereocenters. The van der Waals surface area contributed by atoms with Crippen LogP contribution in [-0.2, 0) is 0 Å². The van der Waals surface area contributed by atoms with E-state index in [-0.39, 0.29) is 0 Å². The fourth-order valence-electron chi connectivity index (χ4n) is 1.87. The Morgan fingerprint density at radius 2 is 2.18 bits per heavy atom. The predicted octanol–water partition coefficient (Wildman–Crippen LogP) is 2.17. The van der Waals surface area contributed by atoms with Crippen molar-refractivity contribution in [1.82, 2.24) is 4.98 Å². The fourth-order valence-corrected chi connectivity index (χ4v) is 1.87. The van der Waals surface area contributed by atoms with E-state index >= 15 is 0 Å². The molecule has 4 nitrogen and oxygen atoms in total. The minimum absolute atomic E-state index is 0.503. The van der Waals surface area contributed by atoms with Gasteiger partial charge in [0, 0.05) is 48.1 Å². The van der Waals surface area contributed by atoms with Gasteiger partial charge in [-0.25, -0.2) is 0 Å². The number of hydrogen-bond donors (Lipinski definition) is 1. The van der Waals surface area contributed by atoms with E-state index in [2.05, 4.69) is 11.1 Å². The second-order valence-corrected chi connectivity index (χ2v) is 3.92. The summed E-state index contributed by atoms with van der Waals surface area (Å²) in [4.78, 5) is 6.18. The number of nitrogens with zero attached hydrogens (tertiary/aromatic N) is 3. The van der Waals surface area contributed by atoms with Crippen LogP contribution >= 0.6 is 0 Å². The van der Waals surface area contributed by atoms with E-state index in [0.29, 0.717) is 13.0 Å². The van der Waals surface area contributed by atoms with Crippen molar-refractivity contribution in [2.75, 3.05) is 24.2 Å². The van der Waals surface area contributed by atoms with Crippen LogP contribution in [0.2, 0.25) is 0 Å². The zero-order valence-corrected chi connectivity index (χ0v) is 9.72. The molecule has 4 heteroatoms. The zero-order chi connectivity index (χ0) is 12.3. The van der Waals surface area contributed by atoms with E-state index in [0.717, 1.165) is 22.1 Å². The van der Waals surface area contributed by atoms with Gasteiger partial charge in [0.15, 0.2) is 0 Å². The number of fused-ring (bicyclic) bond motifs is 1. The van der Waals surface area contributed by atoms with Crippen LogP contribution in [0.25, 0.3) is 10.8 Å². The van der Waals surface area contributed by atoms with Gasteiger partial charge >= 0.3 is 0 Å². The summed E-state index contributed by atoms with van der Waals surface area (Å²) in [7, 11) is 1.97. The van der Waals surface area contributed by atoms with E-state index < -0.39 is 0 Å². The molecule has 0 fully saturated rings. The first-order chi connectivity index (χ1) is 8.24.